The van der Waals surface area contributed by atoms with E-state index in [2.05, 4.69) is 15.9 Å². The van der Waals surface area contributed by atoms with Gasteiger partial charge in [-0.2, -0.15) is 0 Å². The number of alkyl halides is 3. The highest BCUT2D eigenvalue weighted by atomic mass is 79.9. The van der Waals surface area contributed by atoms with Gasteiger partial charge >= 0.3 is 5.97 Å². The molecule has 0 aromatic rings. The number of carbonyl (C=O) groups excluding carboxylic acids is 1. The minimum absolute atomic E-state index is 0.264. The second-order valence-electron chi connectivity index (χ2n) is 3.08. The summed E-state index contributed by atoms with van der Waals surface area (Å²) in [7, 11) is 0. The van der Waals surface area contributed by atoms with Gasteiger partial charge in [0.2, 0.25) is 0 Å². The van der Waals surface area contributed by atoms with Crippen molar-refractivity contribution < 1.29 is 9.53 Å². The molecule has 0 spiro atoms. The van der Waals surface area contributed by atoms with E-state index in [9.17, 15) is 4.79 Å². The van der Waals surface area contributed by atoms with Crippen LogP contribution in [0.3, 0.4) is 0 Å². The van der Waals surface area contributed by atoms with E-state index in [1.54, 1.807) is 0 Å². The van der Waals surface area contributed by atoms with E-state index in [1.165, 1.54) is 0 Å². The summed E-state index contributed by atoms with van der Waals surface area (Å²) in [4.78, 5) is 11.2. The molecule has 0 unspecified atom stereocenters. The molecule has 0 saturated heterocycles. The molecule has 76 valence electrons. The molecule has 1 atom stereocenters. The molecule has 0 N–H and O–H groups in total. The molecule has 1 aliphatic carbocycles. The summed E-state index contributed by atoms with van der Waals surface area (Å²) in [5.41, 5.74) is 0. The lowest BCUT2D eigenvalue weighted by Crippen LogP contribution is -2.11. The van der Waals surface area contributed by atoms with E-state index < -0.39 is 4.33 Å². The lowest BCUT2D eigenvalue weighted by atomic mass is 10.3. The maximum atomic E-state index is 11.2. The summed E-state index contributed by atoms with van der Waals surface area (Å²) in [6, 6.07) is 0. The fraction of sp³-hybridized carbons (Fsp3) is 0.875. The molecule has 0 radical (unpaired) electrons. The van der Waals surface area contributed by atoms with Gasteiger partial charge in [-0.1, -0.05) is 15.9 Å². The van der Waals surface area contributed by atoms with E-state index >= 15 is 0 Å². The van der Waals surface area contributed by atoms with Crippen molar-refractivity contribution in [2.75, 3.05) is 11.9 Å². The first-order chi connectivity index (χ1) is 6.08. The van der Waals surface area contributed by atoms with Crippen molar-refractivity contribution in [3.8, 4) is 0 Å². The number of unbranched alkanes of at least 4 members (excludes halogenated alkanes) is 1. The Bertz CT molecular complexity index is 197. The molecule has 0 aromatic heterocycles. The van der Waals surface area contributed by atoms with E-state index in [0.717, 1.165) is 18.2 Å². The van der Waals surface area contributed by atoms with Gasteiger partial charge in [-0.15, -0.1) is 23.2 Å². The molecule has 2 nitrogen and oxygen atoms in total. The Balaban J connectivity index is 2.06. The van der Waals surface area contributed by atoms with Gasteiger partial charge in [-0.05, 0) is 19.3 Å². The number of hydrogen-bond donors (Lipinski definition) is 0. The van der Waals surface area contributed by atoms with Crippen molar-refractivity contribution in [1.29, 1.82) is 0 Å². The van der Waals surface area contributed by atoms with Crippen molar-refractivity contribution in [3.05, 3.63) is 0 Å². The van der Waals surface area contributed by atoms with Crippen LogP contribution in [-0.2, 0) is 9.53 Å². The highest BCUT2D eigenvalue weighted by Gasteiger charge is 2.57. The van der Waals surface area contributed by atoms with Gasteiger partial charge in [0, 0.05) is 5.33 Å². The molecular formula is C8H11BrCl2O2. The zero-order valence-corrected chi connectivity index (χ0v) is 10.2. The molecule has 1 fully saturated rings. The lowest BCUT2D eigenvalue weighted by Gasteiger charge is -2.03. The first kappa shape index (κ1) is 11.6. The highest BCUT2D eigenvalue weighted by Crippen LogP contribution is 2.53. The predicted molar refractivity (Wildman–Crippen MR) is 56.5 cm³/mol. The summed E-state index contributed by atoms with van der Waals surface area (Å²) >= 11 is 14.7. The average Bonchev–Trinajstić information content (AvgIpc) is 2.69. The largest absolute Gasteiger partial charge is 0.465 e. The van der Waals surface area contributed by atoms with Crippen molar-refractivity contribution >= 4 is 45.1 Å². The Morgan fingerprint density at radius 3 is 2.62 bits per heavy atom. The van der Waals surface area contributed by atoms with Crippen LogP contribution >= 0.6 is 39.1 Å². The summed E-state index contributed by atoms with van der Waals surface area (Å²) in [6.45, 7) is 0.463. The van der Waals surface area contributed by atoms with Crippen LogP contribution in [0, 0.1) is 5.92 Å². The average molecular weight is 290 g/mol. The van der Waals surface area contributed by atoms with Crippen molar-refractivity contribution in [3.63, 3.8) is 0 Å². The third-order valence-electron chi connectivity index (χ3n) is 1.88. The molecule has 0 aromatic carbocycles. The number of hydrogen-bond acceptors (Lipinski definition) is 2. The van der Waals surface area contributed by atoms with Crippen LogP contribution in [0.2, 0.25) is 0 Å². The van der Waals surface area contributed by atoms with Gasteiger partial charge in [0.05, 0.1) is 12.5 Å². The molecule has 0 amide bonds. The molecule has 0 heterocycles. The number of rotatable bonds is 5. The normalized spacial score (nSPS) is 24.1. The Labute approximate surface area is 96.0 Å². The zero-order chi connectivity index (χ0) is 9.90. The monoisotopic (exact) mass is 288 g/mol. The van der Waals surface area contributed by atoms with E-state index in [1.807, 2.05) is 0 Å². The maximum Gasteiger partial charge on any atom is 0.312 e. The minimum atomic E-state index is -0.855. The van der Waals surface area contributed by atoms with Gasteiger partial charge in [0.1, 0.15) is 4.33 Å². The molecule has 13 heavy (non-hydrogen) atoms. The third-order valence-corrected chi connectivity index (χ3v) is 3.28. The molecule has 1 aliphatic rings. The molecule has 1 saturated carbocycles. The molecular weight excluding hydrogens is 279 g/mol. The van der Waals surface area contributed by atoms with E-state index in [4.69, 9.17) is 27.9 Å². The smallest absolute Gasteiger partial charge is 0.312 e. The number of ether oxygens (including phenoxy) is 1. The van der Waals surface area contributed by atoms with Crippen molar-refractivity contribution in [2.45, 2.75) is 23.6 Å². The summed E-state index contributed by atoms with van der Waals surface area (Å²) in [5, 5.41) is 0.933. The van der Waals surface area contributed by atoms with Crippen LogP contribution in [0.5, 0.6) is 0 Å². The molecule has 0 bridgehead atoms. The predicted octanol–water partition coefficient (Wildman–Crippen LogP) is 2.90. The number of esters is 1. The van der Waals surface area contributed by atoms with Crippen LogP contribution in [0.4, 0.5) is 0 Å². The lowest BCUT2D eigenvalue weighted by molar-refractivity contribution is -0.145. The second kappa shape index (κ2) is 4.85. The Morgan fingerprint density at radius 2 is 2.15 bits per heavy atom. The van der Waals surface area contributed by atoms with Gasteiger partial charge in [-0.25, -0.2) is 0 Å². The quantitative estimate of drug-likeness (QED) is 0.442. The number of halogens is 3. The zero-order valence-electron chi connectivity index (χ0n) is 7.06. The fourth-order valence-corrected chi connectivity index (χ4v) is 1.82. The van der Waals surface area contributed by atoms with Crippen LogP contribution in [0.1, 0.15) is 19.3 Å². The Kier molecular flexibility index (Phi) is 4.33. The first-order valence-electron chi connectivity index (χ1n) is 4.18. The van der Waals surface area contributed by atoms with Gasteiger partial charge in [0.25, 0.3) is 0 Å². The van der Waals surface area contributed by atoms with Crippen LogP contribution in [0.15, 0.2) is 0 Å². The Hall–Kier alpha value is 0.530. The standard InChI is InChI=1S/C8H11BrCl2O2/c9-3-1-2-4-13-7(12)6-5-8(6,10)11/h6H,1-5H2/t6-/m0/s1. The van der Waals surface area contributed by atoms with Crippen LogP contribution in [-0.4, -0.2) is 22.2 Å². The van der Waals surface area contributed by atoms with Gasteiger partial charge < -0.3 is 4.74 Å². The third kappa shape index (κ3) is 3.64. The Morgan fingerprint density at radius 1 is 1.54 bits per heavy atom. The van der Waals surface area contributed by atoms with Gasteiger partial charge in [0.15, 0.2) is 0 Å². The number of carbonyl (C=O) groups is 1. The van der Waals surface area contributed by atoms with E-state index in [0.29, 0.717) is 13.0 Å². The van der Waals surface area contributed by atoms with Crippen LogP contribution in [0.25, 0.3) is 0 Å². The fourth-order valence-electron chi connectivity index (χ4n) is 0.939. The first-order valence-corrected chi connectivity index (χ1v) is 6.06. The SMILES string of the molecule is O=C(OCCCCBr)[C@@H]1CC1(Cl)Cl. The van der Waals surface area contributed by atoms with E-state index in [-0.39, 0.29) is 11.9 Å². The summed E-state index contributed by atoms with van der Waals surface area (Å²) in [5.74, 6) is -0.570. The topological polar surface area (TPSA) is 26.3 Å². The van der Waals surface area contributed by atoms with Crippen molar-refractivity contribution in [1.82, 2.24) is 0 Å². The highest BCUT2D eigenvalue weighted by molar-refractivity contribution is 9.09. The maximum absolute atomic E-state index is 11.2. The molecule has 5 heteroatoms. The summed E-state index contributed by atoms with van der Waals surface area (Å²) < 4.78 is 4.12. The van der Waals surface area contributed by atoms with Crippen LogP contribution < -0.4 is 0 Å². The molecule has 1 rings (SSSR count). The molecule has 0 aliphatic heterocycles. The summed E-state index contributed by atoms with van der Waals surface area (Å²) in [6.07, 6.45) is 2.40. The van der Waals surface area contributed by atoms with Gasteiger partial charge in [-0.3, -0.25) is 4.79 Å². The second-order valence-corrected chi connectivity index (χ2v) is 5.42. The minimum Gasteiger partial charge on any atom is -0.465 e. The van der Waals surface area contributed by atoms with Crippen molar-refractivity contribution in [2.24, 2.45) is 5.92 Å².